The molecule has 5 heteroatoms. The third-order valence-corrected chi connectivity index (χ3v) is 2.95. The summed E-state index contributed by atoms with van der Waals surface area (Å²) in [5, 5.41) is 6.32. The molecule has 2 N–H and O–H groups in total. The van der Waals surface area contributed by atoms with Crippen LogP contribution >= 0.6 is 0 Å². The van der Waals surface area contributed by atoms with Crippen LogP contribution in [-0.2, 0) is 0 Å². The molecule has 2 heterocycles. The van der Waals surface area contributed by atoms with Gasteiger partial charge in [0.25, 0.3) is 0 Å². The van der Waals surface area contributed by atoms with Crippen molar-refractivity contribution in [2.75, 3.05) is 11.9 Å². The van der Waals surface area contributed by atoms with Gasteiger partial charge in [-0.1, -0.05) is 37.3 Å². The highest BCUT2D eigenvalue weighted by Gasteiger charge is 2.19. The van der Waals surface area contributed by atoms with Crippen molar-refractivity contribution in [3.63, 3.8) is 0 Å². The zero-order valence-electron chi connectivity index (χ0n) is 10.7. The highest BCUT2D eigenvalue weighted by molar-refractivity contribution is 5.78. The van der Waals surface area contributed by atoms with Crippen molar-refractivity contribution in [1.29, 1.82) is 0 Å². The van der Waals surface area contributed by atoms with Crippen LogP contribution in [0.25, 0.3) is 11.3 Å². The van der Waals surface area contributed by atoms with Gasteiger partial charge >= 0.3 is 0 Å². The van der Waals surface area contributed by atoms with Gasteiger partial charge in [0, 0.05) is 5.56 Å². The molecule has 1 aromatic heterocycles. The predicted octanol–water partition coefficient (Wildman–Crippen LogP) is 2.21. The summed E-state index contributed by atoms with van der Waals surface area (Å²) in [6, 6.07) is 10.0. The van der Waals surface area contributed by atoms with Gasteiger partial charge in [-0.3, -0.25) is 10.3 Å². The first-order chi connectivity index (χ1) is 9.38. The fraction of sp³-hybridized carbons (Fsp3) is 0.214. The van der Waals surface area contributed by atoms with Crippen LogP contribution in [0.15, 0.2) is 41.5 Å². The Morgan fingerprint density at radius 1 is 1.26 bits per heavy atom. The minimum atomic E-state index is -0.112. The van der Waals surface area contributed by atoms with Crippen LogP contribution in [0.2, 0.25) is 0 Å². The first-order valence-corrected chi connectivity index (χ1v) is 6.32. The molecule has 1 unspecified atom stereocenters. The highest BCUT2D eigenvalue weighted by atomic mass is 15.2. The normalized spacial score (nSPS) is 16.8. The smallest absolute Gasteiger partial charge is 0.157 e. The highest BCUT2D eigenvalue weighted by Crippen LogP contribution is 2.25. The van der Waals surface area contributed by atoms with Gasteiger partial charge in [0.05, 0.1) is 18.2 Å². The Kier molecular flexibility index (Phi) is 3.20. The Morgan fingerprint density at radius 2 is 2.11 bits per heavy atom. The van der Waals surface area contributed by atoms with E-state index in [4.69, 9.17) is 0 Å². The second kappa shape index (κ2) is 5.16. The molecule has 96 valence electrons. The Bertz CT molecular complexity index is 594. The molecule has 1 aliphatic heterocycles. The summed E-state index contributed by atoms with van der Waals surface area (Å²) >= 11 is 0. The fourth-order valence-electron chi connectivity index (χ4n) is 2.04. The lowest BCUT2D eigenvalue weighted by Crippen LogP contribution is -2.25. The number of hydrogen-bond acceptors (Lipinski definition) is 5. The molecule has 3 rings (SSSR count). The average molecular weight is 253 g/mol. The number of hydrogen-bond donors (Lipinski definition) is 2. The molecule has 0 saturated heterocycles. The summed E-state index contributed by atoms with van der Waals surface area (Å²) < 4.78 is 0. The van der Waals surface area contributed by atoms with Crippen molar-refractivity contribution in [1.82, 2.24) is 15.3 Å². The number of nitrogens with one attached hydrogen (secondary N) is 2. The molecule has 0 spiro atoms. The Hall–Kier alpha value is -2.27. The van der Waals surface area contributed by atoms with Crippen LogP contribution in [0.4, 0.5) is 5.82 Å². The third kappa shape index (κ3) is 2.32. The predicted molar refractivity (Wildman–Crippen MR) is 76.0 cm³/mol. The molecular weight excluding hydrogens is 238 g/mol. The van der Waals surface area contributed by atoms with Gasteiger partial charge in [-0.05, 0) is 6.54 Å². The van der Waals surface area contributed by atoms with Crippen molar-refractivity contribution >= 4 is 12.2 Å². The Labute approximate surface area is 111 Å². The lowest BCUT2D eigenvalue weighted by Gasteiger charge is -2.20. The monoisotopic (exact) mass is 253 g/mol. The fourth-order valence-corrected chi connectivity index (χ4v) is 2.04. The largest absolute Gasteiger partial charge is 0.330 e. The molecule has 1 aliphatic rings. The molecule has 0 fully saturated rings. The van der Waals surface area contributed by atoms with Crippen LogP contribution in [-0.4, -0.2) is 22.9 Å². The van der Waals surface area contributed by atoms with Crippen LogP contribution in [0.5, 0.6) is 0 Å². The van der Waals surface area contributed by atoms with Gasteiger partial charge in [0.2, 0.25) is 0 Å². The maximum absolute atomic E-state index is 4.61. The quantitative estimate of drug-likeness (QED) is 0.880. The van der Waals surface area contributed by atoms with E-state index in [1.165, 1.54) is 0 Å². The SMILES string of the molecule is CCNC1N=CNc2nc(-c3ccccc3)cnc21. The molecule has 0 aliphatic carbocycles. The minimum Gasteiger partial charge on any atom is -0.330 e. The topological polar surface area (TPSA) is 62.2 Å². The summed E-state index contributed by atoms with van der Waals surface area (Å²) in [4.78, 5) is 13.4. The van der Waals surface area contributed by atoms with Crippen LogP contribution < -0.4 is 10.6 Å². The molecule has 5 nitrogen and oxygen atoms in total. The average Bonchev–Trinajstić information content (AvgIpc) is 2.48. The van der Waals surface area contributed by atoms with E-state index in [1.807, 2.05) is 37.3 Å². The van der Waals surface area contributed by atoms with Crippen molar-refractivity contribution in [2.24, 2.45) is 4.99 Å². The molecule has 19 heavy (non-hydrogen) atoms. The van der Waals surface area contributed by atoms with Gasteiger partial charge in [0.15, 0.2) is 5.82 Å². The van der Waals surface area contributed by atoms with Crippen molar-refractivity contribution in [2.45, 2.75) is 13.1 Å². The molecule has 1 atom stereocenters. The van der Waals surface area contributed by atoms with Gasteiger partial charge in [-0.15, -0.1) is 0 Å². The molecule has 0 bridgehead atoms. The summed E-state index contributed by atoms with van der Waals surface area (Å²) in [6.45, 7) is 2.88. The van der Waals surface area contributed by atoms with E-state index in [0.29, 0.717) is 0 Å². The van der Waals surface area contributed by atoms with E-state index in [9.17, 15) is 0 Å². The van der Waals surface area contributed by atoms with Gasteiger partial charge < -0.3 is 5.32 Å². The summed E-state index contributed by atoms with van der Waals surface area (Å²) in [5.74, 6) is 0.766. The molecule has 1 aromatic carbocycles. The number of anilines is 1. The molecular formula is C14H15N5. The number of benzene rings is 1. The summed E-state index contributed by atoms with van der Waals surface area (Å²) in [6.07, 6.45) is 3.35. The third-order valence-electron chi connectivity index (χ3n) is 2.95. The summed E-state index contributed by atoms with van der Waals surface area (Å²) in [5.41, 5.74) is 2.75. The zero-order chi connectivity index (χ0) is 13.1. The van der Waals surface area contributed by atoms with E-state index in [0.717, 1.165) is 29.3 Å². The lowest BCUT2D eigenvalue weighted by molar-refractivity contribution is 0.560. The second-order valence-electron chi connectivity index (χ2n) is 4.24. The van der Waals surface area contributed by atoms with Crippen molar-refractivity contribution in [3.8, 4) is 11.3 Å². The first-order valence-electron chi connectivity index (χ1n) is 6.32. The number of fused-ring (bicyclic) bond motifs is 1. The zero-order valence-corrected chi connectivity index (χ0v) is 10.7. The molecule has 0 amide bonds. The van der Waals surface area contributed by atoms with E-state index < -0.39 is 0 Å². The second-order valence-corrected chi connectivity index (χ2v) is 4.24. The van der Waals surface area contributed by atoms with Crippen molar-refractivity contribution < 1.29 is 0 Å². The Balaban J connectivity index is 1.97. The summed E-state index contributed by atoms with van der Waals surface area (Å²) in [7, 11) is 0. The minimum absolute atomic E-state index is 0.112. The van der Waals surface area contributed by atoms with Crippen LogP contribution in [0.1, 0.15) is 18.8 Å². The lowest BCUT2D eigenvalue weighted by atomic mass is 10.1. The van der Waals surface area contributed by atoms with E-state index >= 15 is 0 Å². The standard InChI is InChI=1S/C14H15N5/c1-2-15-13-12-14(18-9-17-13)19-11(8-16-12)10-6-4-3-5-7-10/h3-9,13,15H,2H2,1H3,(H,17,18,19). The maximum Gasteiger partial charge on any atom is 0.157 e. The van der Waals surface area contributed by atoms with Gasteiger partial charge in [-0.25, -0.2) is 9.98 Å². The van der Waals surface area contributed by atoms with Crippen LogP contribution in [0, 0.1) is 0 Å². The van der Waals surface area contributed by atoms with Gasteiger partial charge in [-0.2, -0.15) is 0 Å². The number of aromatic nitrogens is 2. The van der Waals surface area contributed by atoms with E-state index in [2.05, 4.69) is 25.6 Å². The van der Waals surface area contributed by atoms with E-state index in [1.54, 1.807) is 12.5 Å². The number of aliphatic imine (C=N–C) groups is 1. The van der Waals surface area contributed by atoms with Crippen LogP contribution in [0.3, 0.4) is 0 Å². The van der Waals surface area contributed by atoms with Crippen molar-refractivity contribution in [3.05, 3.63) is 42.2 Å². The first kappa shape index (κ1) is 11.8. The molecule has 0 saturated carbocycles. The number of rotatable bonds is 3. The van der Waals surface area contributed by atoms with Gasteiger partial charge in [0.1, 0.15) is 11.9 Å². The Morgan fingerprint density at radius 3 is 2.89 bits per heavy atom. The molecule has 0 radical (unpaired) electrons. The van der Waals surface area contributed by atoms with E-state index in [-0.39, 0.29) is 6.17 Å². The molecule has 2 aromatic rings. The number of nitrogens with zero attached hydrogens (tertiary/aromatic N) is 3. The maximum atomic E-state index is 4.61.